The maximum atomic E-state index is 3.78. The van der Waals surface area contributed by atoms with Crippen molar-refractivity contribution in [1.29, 1.82) is 0 Å². The largest absolute Gasteiger partial charge is 0.358 e. The molecule has 1 aromatic heterocycles. The molecule has 0 spiro atoms. The number of nitrogens with zero attached hydrogens (tertiary/aromatic N) is 1. The van der Waals surface area contributed by atoms with Crippen molar-refractivity contribution in [3.63, 3.8) is 0 Å². The van der Waals surface area contributed by atoms with E-state index in [0.717, 1.165) is 11.8 Å². The number of piperidine rings is 1. The smallest absolute Gasteiger partial charge is 0.0629 e. The molecule has 2 aliphatic rings. The van der Waals surface area contributed by atoms with E-state index < -0.39 is 0 Å². The van der Waals surface area contributed by atoms with Gasteiger partial charge in [0.05, 0.1) is 4.58 Å². The van der Waals surface area contributed by atoms with Gasteiger partial charge in [0.15, 0.2) is 0 Å². The Morgan fingerprint density at radius 2 is 1.92 bits per heavy atom. The van der Waals surface area contributed by atoms with Gasteiger partial charge in [0.25, 0.3) is 0 Å². The summed E-state index contributed by atoms with van der Waals surface area (Å²) in [5, 5.41) is 1.47. The third kappa shape index (κ3) is 3.45. The topological polar surface area (TPSA) is 19.0 Å². The third-order valence-electron chi connectivity index (χ3n) is 6.34. The Morgan fingerprint density at radius 3 is 2.65 bits per heavy atom. The van der Waals surface area contributed by atoms with Crippen molar-refractivity contribution in [2.45, 2.75) is 50.7 Å². The maximum absolute atomic E-state index is 3.78. The van der Waals surface area contributed by atoms with Gasteiger partial charge in [-0.15, -0.1) is 23.5 Å². The van der Waals surface area contributed by atoms with Crippen LogP contribution in [0.3, 0.4) is 0 Å². The molecular weight excluding hydrogens is 356 g/mol. The first-order valence-corrected chi connectivity index (χ1v) is 12.4. The Kier molecular flexibility index (Phi) is 5.92. The summed E-state index contributed by atoms with van der Waals surface area (Å²) in [6.45, 7) is 9.50. The molecule has 2 aromatic rings. The van der Waals surface area contributed by atoms with Crippen LogP contribution < -0.4 is 0 Å². The van der Waals surface area contributed by atoms with Crippen molar-refractivity contribution in [2.75, 3.05) is 24.6 Å². The quantitative estimate of drug-likeness (QED) is 0.592. The highest BCUT2D eigenvalue weighted by molar-refractivity contribution is 8.17. The van der Waals surface area contributed by atoms with E-state index in [1.807, 2.05) is 0 Å². The van der Waals surface area contributed by atoms with E-state index in [0.29, 0.717) is 10.6 Å². The van der Waals surface area contributed by atoms with Gasteiger partial charge in [-0.25, -0.2) is 0 Å². The fourth-order valence-corrected chi connectivity index (χ4v) is 7.70. The number of thioether (sulfide) groups is 2. The van der Waals surface area contributed by atoms with Crippen molar-refractivity contribution < 1.29 is 0 Å². The van der Waals surface area contributed by atoms with Gasteiger partial charge in [-0.1, -0.05) is 45.4 Å². The number of aromatic nitrogens is 1. The molecule has 3 atom stereocenters. The van der Waals surface area contributed by atoms with Crippen LogP contribution in [0.25, 0.3) is 10.9 Å². The summed E-state index contributed by atoms with van der Waals surface area (Å²) >= 11 is 4.27. The van der Waals surface area contributed by atoms with E-state index in [2.05, 4.69) is 78.4 Å². The van der Waals surface area contributed by atoms with Gasteiger partial charge < -0.3 is 4.98 Å². The molecule has 1 N–H and O–H groups in total. The number of para-hydroxylation sites is 1. The SMILES string of the molecule is CCSC(CN1C[C@H](CC)[C@H]2Cc3[nH]c4ccccc4c3[C@@H]1C2)SCC. The predicted molar refractivity (Wildman–Crippen MR) is 118 cm³/mol. The number of nitrogens with one attached hydrogen (secondary N) is 1. The highest BCUT2D eigenvalue weighted by Gasteiger charge is 2.42. The zero-order valence-corrected chi connectivity index (χ0v) is 18.0. The van der Waals surface area contributed by atoms with Crippen molar-refractivity contribution >= 4 is 34.4 Å². The monoisotopic (exact) mass is 388 g/mol. The third-order valence-corrected chi connectivity index (χ3v) is 8.87. The average Bonchev–Trinajstić information content (AvgIpc) is 3.02. The van der Waals surface area contributed by atoms with Gasteiger partial charge in [0, 0.05) is 35.7 Å². The zero-order valence-electron chi connectivity index (χ0n) is 16.3. The molecule has 1 aromatic carbocycles. The van der Waals surface area contributed by atoms with Crippen molar-refractivity contribution in [1.82, 2.24) is 9.88 Å². The van der Waals surface area contributed by atoms with Gasteiger partial charge in [-0.3, -0.25) is 4.90 Å². The second-order valence-corrected chi connectivity index (χ2v) is 11.0. The summed E-state index contributed by atoms with van der Waals surface area (Å²) in [5.41, 5.74) is 4.48. The van der Waals surface area contributed by atoms with E-state index in [4.69, 9.17) is 0 Å². The van der Waals surface area contributed by atoms with Gasteiger partial charge in [-0.05, 0) is 47.8 Å². The Bertz CT molecular complexity index is 735. The molecule has 2 heterocycles. The molecular formula is C22H32N2S2. The normalized spacial score (nSPS) is 25.8. The molecule has 0 amide bonds. The summed E-state index contributed by atoms with van der Waals surface area (Å²) in [7, 11) is 0. The Morgan fingerprint density at radius 1 is 1.15 bits per heavy atom. The lowest BCUT2D eigenvalue weighted by Gasteiger charge is -2.48. The molecule has 1 saturated heterocycles. The van der Waals surface area contributed by atoms with Crippen LogP contribution in [0.5, 0.6) is 0 Å². The van der Waals surface area contributed by atoms with Gasteiger partial charge in [0.2, 0.25) is 0 Å². The van der Waals surface area contributed by atoms with Crippen LogP contribution >= 0.6 is 23.5 Å². The minimum Gasteiger partial charge on any atom is -0.358 e. The van der Waals surface area contributed by atoms with Crippen LogP contribution in [0, 0.1) is 11.8 Å². The number of fused-ring (bicyclic) bond motifs is 6. The molecule has 4 rings (SSSR count). The molecule has 142 valence electrons. The van der Waals surface area contributed by atoms with Crippen LogP contribution in [-0.2, 0) is 6.42 Å². The fraction of sp³-hybridized carbons (Fsp3) is 0.636. The Balaban J connectivity index is 1.68. The molecule has 26 heavy (non-hydrogen) atoms. The van der Waals surface area contributed by atoms with Gasteiger partial charge in [0.1, 0.15) is 0 Å². The standard InChI is InChI=1S/C22H32N2S2/c1-4-15-13-24(14-21(25-5-2)26-6-3)20-12-16(15)11-19-22(20)17-9-7-8-10-18(17)23-19/h7-10,15-16,20-21,23H,4-6,11-14H2,1-3H3/t15-,16-,20-/m0/s1. The summed E-state index contributed by atoms with van der Waals surface area (Å²) in [4.78, 5) is 6.62. The van der Waals surface area contributed by atoms with Crippen LogP contribution in [0.4, 0.5) is 0 Å². The number of benzene rings is 1. The van der Waals surface area contributed by atoms with Crippen LogP contribution in [0.1, 0.15) is 50.9 Å². The van der Waals surface area contributed by atoms with Gasteiger partial charge >= 0.3 is 0 Å². The van der Waals surface area contributed by atoms with Crippen molar-refractivity contribution in [3.05, 3.63) is 35.5 Å². The van der Waals surface area contributed by atoms with Crippen molar-refractivity contribution in [3.8, 4) is 0 Å². The lowest BCUT2D eigenvalue weighted by Crippen LogP contribution is -2.47. The fourth-order valence-electron chi connectivity index (χ4n) is 5.16. The average molecular weight is 389 g/mol. The Hall–Kier alpha value is -0.580. The first kappa shape index (κ1) is 18.8. The maximum Gasteiger partial charge on any atom is 0.0629 e. The Labute approximate surface area is 166 Å². The molecule has 0 radical (unpaired) electrons. The second-order valence-electron chi connectivity index (χ2n) is 7.74. The first-order chi connectivity index (χ1) is 12.7. The van der Waals surface area contributed by atoms with E-state index in [-0.39, 0.29) is 0 Å². The summed E-state index contributed by atoms with van der Waals surface area (Å²) in [6.07, 6.45) is 3.92. The van der Waals surface area contributed by atoms with Crippen LogP contribution in [0.15, 0.2) is 24.3 Å². The van der Waals surface area contributed by atoms with E-state index in [1.165, 1.54) is 60.5 Å². The lowest BCUT2D eigenvalue weighted by molar-refractivity contribution is 0.0525. The molecule has 0 unspecified atom stereocenters. The molecule has 4 heteroatoms. The van der Waals surface area contributed by atoms with E-state index >= 15 is 0 Å². The minimum absolute atomic E-state index is 0.611. The highest BCUT2D eigenvalue weighted by Crippen LogP contribution is 2.48. The number of rotatable bonds is 7. The first-order valence-electron chi connectivity index (χ1n) is 10.3. The number of H-pyrrole nitrogens is 1. The summed E-state index contributed by atoms with van der Waals surface area (Å²) in [5.74, 6) is 4.14. The number of hydrogen-bond donors (Lipinski definition) is 1. The van der Waals surface area contributed by atoms with Crippen LogP contribution in [-0.4, -0.2) is 39.1 Å². The molecule has 0 saturated carbocycles. The summed E-state index contributed by atoms with van der Waals surface area (Å²) in [6, 6.07) is 9.55. The van der Waals surface area contributed by atoms with Gasteiger partial charge in [-0.2, -0.15) is 0 Å². The predicted octanol–water partition coefficient (Wildman–Crippen LogP) is 5.95. The van der Waals surface area contributed by atoms with E-state index in [1.54, 1.807) is 5.56 Å². The number of likely N-dealkylation sites (tertiary alicyclic amines) is 1. The molecule has 2 nitrogen and oxygen atoms in total. The minimum atomic E-state index is 0.611. The molecule has 1 aliphatic heterocycles. The van der Waals surface area contributed by atoms with Crippen molar-refractivity contribution in [2.24, 2.45) is 11.8 Å². The highest BCUT2D eigenvalue weighted by atomic mass is 32.2. The molecule has 2 bridgehead atoms. The van der Waals surface area contributed by atoms with E-state index in [9.17, 15) is 0 Å². The summed E-state index contributed by atoms with van der Waals surface area (Å²) < 4.78 is 0.703. The number of hydrogen-bond acceptors (Lipinski definition) is 3. The van der Waals surface area contributed by atoms with Crippen LogP contribution in [0.2, 0.25) is 0 Å². The molecule has 1 fully saturated rings. The second kappa shape index (κ2) is 8.20. The number of aromatic amines is 1. The molecule has 1 aliphatic carbocycles. The zero-order chi connectivity index (χ0) is 18.1. The lowest BCUT2D eigenvalue weighted by atomic mass is 9.71.